The molecule has 1 atom stereocenters. The van der Waals surface area contributed by atoms with Gasteiger partial charge in [-0.25, -0.2) is 4.39 Å². The number of carbonyl (C=O) groups excluding carboxylic acids is 1. The average Bonchev–Trinajstić information content (AvgIpc) is 2.41. The number of thioether (sulfide) groups is 1. The summed E-state index contributed by atoms with van der Waals surface area (Å²) in [6, 6.07) is 6.67. The molecule has 4 heteroatoms. The third-order valence-corrected chi connectivity index (χ3v) is 4.27. The third-order valence-electron chi connectivity index (χ3n) is 3.28. The summed E-state index contributed by atoms with van der Waals surface area (Å²) < 4.78 is 12.7. The minimum Gasteiger partial charge on any atom is -0.302 e. The van der Waals surface area contributed by atoms with Crippen LogP contribution in [0.1, 0.15) is 19.3 Å². The zero-order chi connectivity index (χ0) is 12.8. The van der Waals surface area contributed by atoms with E-state index in [1.54, 1.807) is 23.9 Å². The van der Waals surface area contributed by atoms with Gasteiger partial charge in [0.15, 0.2) is 0 Å². The van der Waals surface area contributed by atoms with Crippen LogP contribution in [0.15, 0.2) is 29.2 Å². The molecule has 2 rings (SSSR count). The second-order valence-electron chi connectivity index (χ2n) is 4.54. The zero-order valence-corrected chi connectivity index (χ0v) is 11.2. The standard InChI is InChI=1S/C14H18FNOS/c15-12-4-6-14(7-5-12)18-10-9-16-8-2-1-3-13(16)11-17/h4-7,11,13H,1-3,8-10H2. The molecule has 18 heavy (non-hydrogen) atoms. The molecule has 1 heterocycles. The number of halogens is 1. The quantitative estimate of drug-likeness (QED) is 0.604. The van der Waals surface area contributed by atoms with Crippen molar-refractivity contribution in [3.63, 3.8) is 0 Å². The molecule has 1 aliphatic rings. The average molecular weight is 267 g/mol. The fourth-order valence-corrected chi connectivity index (χ4v) is 3.15. The Kier molecular flexibility index (Phi) is 5.20. The van der Waals surface area contributed by atoms with Gasteiger partial charge in [-0.3, -0.25) is 4.90 Å². The second kappa shape index (κ2) is 6.90. The van der Waals surface area contributed by atoms with Crippen LogP contribution >= 0.6 is 11.8 Å². The molecule has 0 N–H and O–H groups in total. The molecule has 1 aromatic rings. The summed E-state index contributed by atoms with van der Waals surface area (Å²) in [5.41, 5.74) is 0. The number of benzene rings is 1. The summed E-state index contributed by atoms with van der Waals surface area (Å²) in [5, 5.41) is 0. The first-order valence-corrected chi connectivity index (χ1v) is 7.36. The lowest BCUT2D eigenvalue weighted by atomic mass is 10.0. The maximum absolute atomic E-state index is 12.7. The Hall–Kier alpha value is -0.870. The van der Waals surface area contributed by atoms with E-state index in [0.29, 0.717) is 0 Å². The van der Waals surface area contributed by atoms with Gasteiger partial charge in [-0.2, -0.15) is 0 Å². The van der Waals surface area contributed by atoms with Gasteiger partial charge in [0, 0.05) is 17.2 Å². The molecule has 1 saturated heterocycles. The Balaban J connectivity index is 1.77. The van der Waals surface area contributed by atoms with Crippen molar-refractivity contribution in [3.05, 3.63) is 30.1 Å². The summed E-state index contributed by atoms with van der Waals surface area (Å²) in [5.74, 6) is 0.743. The molecule has 0 bridgehead atoms. The fourth-order valence-electron chi connectivity index (χ4n) is 2.26. The summed E-state index contributed by atoms with van der Waals surface area (Å²) >= 11 is 1.71. The molecule has 1 aromatic carbocycles. The van der Waals surface area contributed by atoms with Crippen LogP contribution in [0.4, 0.5) is 4.39 Å². The first-order valence-electron chi connectivity index (χ1n) is 6.37. The predicted octanol–water partition coefficient (Wildman–Crippen LogP) is 2.97. The molecule has 98 valence electrons. The normalized spacial score (nSPS) is 20.8. The Bertz CT molecular complexity index is 382. The van der Waals surface area contributed by atoms with Gasteiger partial charge >= 0.3 is 0 Å². The van der Waals surface area contributed by atoms with Gasteiger partial charge in [-0.05, 0) is 43.7 Å². The SMILES string of the molecule is O=CC1CCCCN1CCSc1ccc(F)cc1. The van der Waals surface area contributed by atoms with E-state index in [1.165, 1.54) is 18.6 Å². The van der Waals surface area contributed by atoms with Crippen molar-refractivity contribution in [2.24, 2.45) is 0 Å². The molecule has 0 aliphatic carbocycles. The van der Waals surface area contributed by atoms with Crippen LogP contribution in [-0.4, -0.2) is 36.1 Å². The highest BCUT2D eigenvalue weighted by Gasteiger charge is 2.20. The minimum atomic E-state index is -0.198. The van der Waals surface area contributed by atoms with Crippen LogP contribution < -0.4 is 0 Å². The molecular weight excluding hydrogens is 249 g/mol. The van der Waals surface area contributed by atoms with Gasteiger partial charge in [0.05, 0.1) is 6.04 Å². The summed E-state index contributed by atoms with van der Waals surface area (Å²) in [6.07, 6.45) is 4.41. The first kappa shape index (κ1) is 13.6. The van der Waals surface area contributed by atoms with Crippen LogP contribution in [0.2, 0.25) is 0 Å². The van der Waals surface area contributed by atoms with Crippen molar-refractivity contribution < 1.29 is 9.18 Å². The van der Waals surface area contributed by atoms with Crippen molar-refractivity contribution in [3.8, 4) is 0 Å². The van der Waals surface area contributed by atoms with Gasteiger partial charge in [0.1, 0.15) is 12.1 Å². The van der Waals surface area contributed by atoms with E-state index >= 15 is 0 Å². The molecule has 0 saturated carbocycles. The number of likely N-dealkylation sites (tertiary alicyclic amines) is 1. The zero-order valence-electron chi connectivity index (χ0n) is 10.3. The number of carbonyl (C=O) groups is 1. The lowest BCUT2D eigenvalue weighted by Crippen LogP contribution is -2.41. The number of aldehydes is 1. The summed E-state index contributed by atoms with van der Waals surface area (Å²) in [4.78, 5) is 14.3. The number of hydrogen-bond donors (Lipinski definition) is 0. The highest BCUT2D eigenvalue weighted by atomic mass is 32.2. The highest BCUT2D eigenvalue weighted by molar-refractivity contribution is 7.99. The molecule has 0 aromatic heterocycles. The number of piperidine rings is 1. The second-order valence-corrected chi connectivity index (χ2v) is 5.71. The van der Waals surface area contributed by atoms with Gasteiger partial charge < -0.3 is 4.79 Å². The molecule has 1 unspecified atom stereocenters. The third kappa shape index (κ3) is 3.82. The molecule has 1 aliphatic heterocycles. The van der Waals surface area contributed by atoms with E-state index in [0.717, 1.165) is 42.9 Å². The Morgan fingerprint density at radius 3 is 2.83 bits per heavy atom. The van der Waals surface area contributed by atoms with E-state index < -0.39 is 0 Å². The molecule has 0 radical (unpaired) electrons. The molecule has 1 fully saturated rings. The molecule has 2 nitrogen and oxygen atoms in total. The first-order chi connectivity index (χ1) is 8.79. The van der Waals surface area contributed by atoms with Crippen molar-refractivity contribution in [1.82, 2.24) is 4.90 Å². The van der Waals surface area contributed by atoms with Gasteiger partial charge in [0.25, 0.3) is 0 Å². The summed E-state index contributed by atoms with van der Waals surface area (Å²) in [6.45, 7) is 1.94. The number of rotatable bonds is 5. The van der Waals surface area contributed by atoms with E-state index in [9.17, 15) is 9.18 Å². The Morgan fingerprint density at radius 2 is 2.11 bits per heavy atom. The van der Waals surface area contributed by atoms with Gasteiger partial charge in [-0.1, -0.05) is 6.42 Å². The van der Waals surface area contributed by atoms with Gasteiger partial charge in [0.2, 0.25) is 0 Å². The lowest BCUT2D eigenvalue weighted by Gasteiger charge is -2.31. The molecule has 0 amide bonds. The van der Waals surface area contributed by atoms with Crippen LogP contribution in [0.25, 0.3) is 0 Å². The Labute approximate surface area is 112 Å². The smallest absolute Gasteiger partial charge is 0.137 e. The fraction of sp³-hybridized carbons (Fsp3) is 0.500. The largest absolute Gasteiger partial charge is 0.302 e. The van der Waals surface area contributed by atoms with Crippen molar-refractivity contribution in [2.45, 2.75) is 30.2 Å². The number of nitrogens with zero attached hydrogens (tertiary/aromatic N) is 1. The van der Waals surface area contributed by atoms with Crippen molar-refractivity contribution in [1.29, 1.82) is 0 Å². The van der Waals surface area contributed by atoms with Crippen LogP contribution in [-0.2, 0) is 4.79 Å². The maximum atomic E-state index is 12.7. The molecule has 0 spiro atoms. The van der Waals surface area contributed by atoms with E-state index in [-0.39, 0.29) is 11.9 Å². The van der Waals surface area contributed by atoms with Crippen molar-refractivity contribution in [2.75, 3.05) is 18.8 Å². The molecular formula is C14H18FNOS. The minimum absolute atomic E-state index is 0.104. The van der Waals surface area contributed by atoms with Crippen LogP contribution in [0.5, 0.6) is 0 Å². The van der Waals surface area contributed by atoms with E-state index in [2.05, 4.69) is 4.90 Å². The van der Waals surface area contributed by atoms with Crippen LogP contribution in [0.3, 0.4) is 0 Å². The lowest BCUT2D eigenvalue weighted by molar-refractivity contribution is -0.113. The number of hydrogen-bond acceptors (Lipinski definition) is 3. The van der Waals surface area contributed by atoms with Crippen LogP contribution in [0, 0.1) is 5.82 Å². The maximum Gasteiger partial charge on any atom is 0.137 e. The van der Waals surface area contributed by atoms with E-state index in [4.69, 9.17) is 0 Å². The van der Waals surface area contributed by atoms with Crippen molar-refractivity contribution >= 4 is 18.0 Å². The van der Waals surface area contributed by atoms with Gasteiger partial charge in [-0.15, -0.1) is 11.8 Å². The Morgan fingerprint density at radius 1 is 1.33 bits per heavy atom. The topological polar surface area (TPSA) is 20.3 Å². The monoisotopic (exact) mass is 267 g/mol. The highest BCUT2D eigenvalue weighted by Crippen LogP contribution is 2.20. The predicted molar refractivity (Wildman–Crippen MR) is 72.4 cm³/mol. The summed E-state index contributed by atoms with van der Waals surface area (Å²) in [7, 11) is 0. The van der Waals surface area contributed by atoms with E-state index in [1.807, 2.05) is 0 Å².